The standard InChI is InChI=1S/C25H26ClN5O2/c1-4-30-24-23(17(3)29-31(24)20-10-8-16(2)9-11-20)28-21(25(30)33)12-13-22(32)27-15-18-6-5-7-19(26)14-18/h5-11,14H,4,12-13,15H2,1-3H3,(H,27,32). The molecule has 4 aromatic rings. The zero-order valence-electron chi connectivity index (χ0n) is 18.9. The number of rotatable bonds is 7. The van der Waals surface area contributed by atoms with E-state index in [-0.39, 0.29) is 24.3 Å². The van der Waals surface area contributed by atoms with Gasteiger partial charge in [-0.1, -0.05) is 41.4 Å². The predicted octanol–water partition coefficient (Wildman–Crippen LogP) is 4.12. The first-order valence-electron chi connectivity index (χ1n) is 10.9. The molecular formula is C25H26ClN5O2. The van der Waals surface area contributed by atoms with Crippen LogP contribution in [0.3, 0.4) is 0 Å². The van der Waals surface area contributed by atoms with Crippen LogP contribution >= 0.6 is 11.6 Å². The van der Waals surface area contributed by atoms with Gasteiger partial charge in [0.15, 0.2) is 5.65 Å². The van der Waals surface area contributed by atoms with Crippen LogP contribution in [0.2, 0.25) is 5.02 Å². The maximum atomic E-state index is 13.2. The molecule has 0 saturated heterocycles. The van der Waals surface area contributed by atoms with Crippen LogP contribution in [0.4, 0.5) is 0 Å². The topological polar surface area (TPSA) is 81.8 Å². The first-order chi connectivity index (χ1) is 15.9. The molecule has 0 radical (unpaired) electrons. The number of carbonyl (C=O) groups is 1. The Hall–Kier alpha value is -3.45. The van der Waals surface area contributed by atoms with Crippen LogP contribution in [0.1, 0.15) is 35.9 Å². The number of halogens is 1. The minimum absolute atomic E-state index is 0.147. The Morgan fingerprint density at radius 2 is 1.88 bits per heavy atom. The number of benzene rings is 2. The van der Waals surface area contributed by atoms with Crippen molar-refractivity contribution >= 4 is 28.7 Å². The normalized spacial score (nSPS) is 11.2. The Kier molecular flexibility index (Phi) is 6.60. The van der Waals surface area contributed by atoms with E-state index in [2.05, 4.69) is 15.4 Å². The zero-order chi connectivity index (χ0) is 23.5. The third kappa shape index (κ3) is 4.83. The Morgan fingerprint density at radius 3 is 2.58 bits per heavy atom. The molecule has 8 heteroatoms. The van der Waals surface area contributed by atoms with Gasteiger partial charge >= 0.3 is 0 Å². The summed E-state index contributed by atoms with van der Waals surface area (Å²) in [6.45, 7) is 6.68. The number of amides is 1. The van der Waals surface area contributed by atoms with Gasteiger partial charge in [0, 0.05) is 31.0 Å². The van der Waals surface area contributed by atoms with Crippen LogP contribution in [0.5, 0.6) is 0 Å². The van der Waals surface area contributed by atoms with Gasteiger partial charge in [0.05, 0.1) is 11.4 Å². The highest BCUT2D eigenvalue weighted by molar-refractivity contribution is 6.30. The van der Waals surface area contributed by atoms with E-state index in [1.807, 2.05) is 63.2 Å². The van der Waals surface area contributed by atoms with E-state index in [9.17, 15) is 9.59 Å². The number of hydrogen-bond donors (Lipinski definition) is 1. The molecular weight excluding hydrogens is 438 g/mol. The number of nitrogens with one attached hydrogen (secondary N) is 1. The molecule has 1 amide bonds. The van der Waals surface area contributed by atoms with Crippen LogP contribution in [0.15, 0.2) is 53.3 Å². The summed E-state index contributed by atoms with van der Waals surface area (Å²) in [5.41, 5.74) is 5.19. The highest BCUT2D eigenvalue weighted by Crippen LogP contribution is 2.20. The molecule has 33 heavy (non-hydrogen) atoms. The molecule has 0 aliphatic rings. The molecule has 0 aliphatic heterocycles. The van der Waals surface area contributed by atoms with Gasteiger partial charge in [-0.3, -0.25) is 14.2 Å². The molecule has 2 heterocycles. The van der Waals surface area contributed by atoms with Gasteiger partial charge in [-0.15, -0.1) is 0 Å². The Bertz CT molecular complexity index is 1370. The van der Waals surface area contributed by atoms with E-state index in [1.165, 1.54) is 0 Å². The minimum Gasteiger partial charge on any atom is -0.352 e. The van der Waals surface area contributed by atoms with E-state index < -0.39 is 0 Å². The van der Waals surface area contributed by atoms with E-state index in [4.69, 9.17) is 11.6 Å². The van der Waals surface area contributed by atoms with Gasteiger partial charge in [0.2, 0.25) is 5.91 Å². The molecule has 0 spiro atoms. The largest absolute Gasteiger partial charge is 0.352 e. The van der Waals surface area contributed by atoms with Crippen LogP contribution in [0, 0.1) is 13.8 Å². The first kappa shape index (κ1) is 22.7. The average molecular weight is 464 g/mol. The molecule has 2 aromatic heterocycles. The van der Waals surface area contributed by atoms with Crippen molar-refractivity contribution in [2.24, 2.45) is 0 Å². The summed E-state index contributed by atoms with van der Waals surface area (Å²) >= 11 is 5.99. The number of fused-ring (bicyclic) bond motifs is 1. The number of aromatic nitrogens is 4. The maximum Gasteiger partial charge on any atom is 0.273 e. The van der Waals surface area contributed by atoms with Crippen LogP contribution in [0.25, 0.3) is 16.9 Å². The van der Waals surface area contributed by atoms with Crippen molar-refractivity contribution in [3.05, 3.63) is 86.4 Å². The van der Waals surface area contributed by atoms with Gasteiger partial charge in [0.25, 0.3) is 5.56 Å². The third-order valence-electron chi connectivity index (χ3n) is 5.56. The second kappa shape index (κ2) is 9.58. The highest BCUT2D eigenvalue weighted by atomic mass is 35.5. The molecule has 0 atom stereocenters. The van der Waals surface area contributed by atoms with Crippen molar-refractivity contribution in [1.29, 1.82) is 0 Å². The summed E-state index contributed by atoms with van der Waals surface area (Å²) in [6, 6.07) is 15.3. The maximum absolute atomic E-state index is 13.2. The smallest absolute Gasteiger partial charge is 0.273 e. The molecule has 1 N–H and O–H groups in total. The second-order valence-electron chi connectivity index (χ2n) is 8.02. The minimum atomic E-state index is -0.194. The number of carbonyl (C=O) groups excluding carboxylic acids is 1. The fourth-order valence-electron chi connectivity index (χ4n) is 3.80. The monoisotopic (exact) mass is 463 g/mol. The van der Waals surface area contributed by atoms with Crippen LogP contribution < -0.4 is 10.9 Å². The van der Waals surface area contributed by atoms with E-state index in [1.54, 1.807) is 15.3 Å². The summed E-state index contributed by atoms with van der Waals surface area (Å²) in [5.74, 6) is -0.147. The van der Waals surface area contributed by atoms with Gasteiger partial charge in [0.1, 0.15) is 11.2 Å². The SMILES string of the molecule is CCn1c(=O)c(CCC(=O)NCc2cccc(Cl)c2)nc2c(C)nn(-c3ccc(C)cc3)c21. The van der Waals surface area contributed by atoms with Crippen molar-refractivity contribution in [2.75, 3.05) is 0 Å². The van der Waals surface area contributed by atoms with E-state index in [0.29, 0.717) is 35.0 Å². The predicted molar refractivity (Wildman–Crippen MR) is 130 cm³/mol. The summed E-state index contributed by atoms with van der Waals surface area (Å²) in [5, 5.41) is 8.15. The molecule has 0 saturated carbocycles. The lowest BCUT2D eigenvalue weighted by Gasteiger charge is -2.11. The Morgan fingerprint density at radius 1 is 1.12 bits per heavy atom. The van der Waals surface area contributed by atoms with Crippen molar-refractivity contribution in [3.8, 4) is 5.69 Å². The molecule has 7 nitrogen and oxygen atoms in total. The van der Waals surface area contributed by atoms with Gasteiger partial charge in [-0.25, -0.2) is 9.67 Å². The fourth-order valence-corrected chi connectivity index (χ4v) is 4.02. The van der Waals surface area contributed by atoms with Crippen LogP contribution in [-0.2, 0) is 24.3 Å². The highest BCUT2D eigenvalue weighted by Gasteiger charge is 2.19. The summed E-state index contributed by atoms with van der Waals surface area (Å²) in [7, 11) is 0. The molecule has 4 rings (SSSR count). The van der Waals surface area contributed by atoms with Gasteiger partial charge in [-0.2, -0.15) is 5.10 Å². The number of hydrogen-bond acceptors (Lipinski definition) is 4. The van der Waals surface area contributed by atoms with Crippen molar-refractivity contribution in [2.45, 2.75) is 46.7 Å². The van der Waals surface area contributed by atoms with Crippen molar-refractivity contribution in [1.82, 2.24) is 24.6 Å². The van der Waals surface area contributed by atoms with Crippen LogP contribution in [-0.4, -0.2) is 25.2 Å². The first-order valence-corrected chi connectivity index (χ1v) is 11.3. The second-order valence-corrected chi connectivity index (χ2v) is 8.46. The van der Waals surface area contributed by atoms with Crippen molar-refractivity contribution in [3.63, 3.8) is 0 Å². The third-order valence-corrected chi connectivity index (χ3v) is 5.80. The lowest BCUT2D eigenvalue weighted by atomic mass is 10.2. The van der Waals surface area contributed by atoms with Gasteiger partial charge < -0.3 is 5.32 Å². The van der Waals surface area contributed by atoms with E-state index >= 15 is 0 Å². The summed E-state index contributed by atoms with van der Waals surface area (Å²) in [6.07, 6.45) is 0.425. The quantitative estimate of drug-likeness (QED) is 0.447. The fraction of sp³-hybridized carbons (Fsp3) is 0.280. The average Bonchev–Trinajstić information content (AvgIpc) is 3.13. The number of nitrogens with zero attached hydrogens (tertiary/aromatic N) is 4. The molecule has 0 fully saturated rings. The summed E-state index contributed by atoms with van der Waals surface area (Å²) < 4.78 is 3.45. The Balaban J connectivity index is 1.58. The lowest BCUT2D eigenvalue weighted by molar-refractivity contribution is -0.121. The molecule has 2 aromatic carbocycles. The molecule has 170 valence electrons. The Labute approximate surface area is 197 Å². The lowest BCUT2D eigenvalue weighted by Crippen LogP contribution is -2.28. The zero-order valence-corrected chi connectivity index (χ0v) is 19.7. The summed E-state index contributed by atoms with van der Waals surface area (Å²) in [4.78, 5) is 30.2. The molecule has 0 aliphatic carbocycles. The number of aryl methyl sites for hydroxylation is 4. The van der Waals surface area contributed by atoms with Gasteiger partial charge in [-0.05, 0) is 50.6 Å². The molecule has 0 bridgehead atoms. The molecule has 0 unspecified atom stereocenters. The van der Waals surface area contributed by atoms with E-state index in [0.717, 1.165) is 22.5 Å². The van der Waals surface area contributed by atoms with Crippen molar-refractivity contribution < 1.29 is 4.79 Å².